The van der Waals surface area contributed by atoms with E-state index in [1.807, 2.05) is 24.3 Å². The van der Waals surface area contributed by atoms with Gasteiger partial charge in [0, 0.05) is 31.1 Å². The molecule has 1 N–H and O–H groups in total. The van der Waals surface area contributed by atoms with Crippen LogP contribution in [-0.2, 0) is 12.0 Å². The Labute approximate surface area is 178 Å². The van der Waals surface area contributed by atoms with Gasteiger partial charge in [-0.2, -0.15) is 0 Å². The van der Waals surface area contributed by atoms with Crippen LogP contribution in [0.2, 0.25) is 0 Å². The number of methoxy groups -OCH3 is 2. The molecule has 2 aliphatic rings. The average molecular weight is 410 g/mol. The third-order valence-electron chi connectivity index (χ3n) is 6.73. The molecular formula is C25H31NO4. The number of nitrogens with zero attached hydrogens (tertiary/aromatic N) is 1. The summed E-state index contributed by atoms with van der Waals surface area (Å²) in [5.41, 5.74) is 3.21. The quantitative estimate of drug-likeness (QED) is 0.815. The SMILES string of the molecule is COc1cc2c(cc1OC)C(=O)C(CN1CCC(O)(c3cccc(C)c3)CC1)CC2. The van der Waals surface area contributed by atoms with Gasteiger partial charge in [-0.1, -0.05) is 29.8 Å². The molecule has 5 heteroatoms. The van der Waals surface area contributed by atoms with Gasteiger partial charge in [0.1, 0.15) is 0 Å². The largest absolute Gasteiger partial charge is 0.493 e. The van der Waals surface area contributed by atoms with E-state index in [0.29, 0.717) is 24.3 Å². The number of fused-ring (bicyclic) bond motifs is 1. The molecule has 5 nitrogen and oxygen atoms in total. The minimum absolute atomic E-state index is 0.0132. The molecule has 1 unspecified atom stereocenters. The van der Waals surface area contributed by atoms with Crippen molar-refractivity contribution in [3.05, 3.63) is 58.7 Å². The second-order valence-corrected chi connectivity index (χ2v) is 8.67. The van der Waals surface area contributed by atoms with E-state index in [4.69, 9.17) is 9.47 Å². The Morgan fingerprint density at radius 3 is 2.47 bits per heavy atom. The maximum atomic E-state index is 13.2. The van der Waals surface area contributed by atoms with Gasteiger partial charge in [0.05, 0.1) is 19.8 Å². The van der Waals surface area contributed by atoms with Crippen LogP contribution in [0.1, 0.15) is 46.3 Å². The molecule has 0 aromatic heterocycles. The van der Waals surface area contributed by atoms with E-state index in [0.717, 1.165) is 49.2 Å². The molecule has 2 aromatic rings. The predicted octanol–water partition coefficient (Wildman–Crippen LogP) is 3.74. The Bertz CT molecular complexity index is 931. The lowest BCUT2D eigenvalue weighted by Crippen LogP contribution is -2.45. The van der Waals surface area contributed by atoms with Crippen LogP contribution in [0.25, 0.3) is 0 Å². The van der Waals surface area contributed by atoms with E-state index in [1.165, 1.54) is 5.56 Å². The number of rotatable bonds is 5. The van der Waals surface area contributed by atoms with Gasteiger partial charge in [-0.25, -0.2) is 0 Å². The summed E-state index contributed by atoms with van der Waals surface area (Å²) in [5, 5.41) is 11.2. The second kappa shape index (κ2) is 8.40. The number of ether oxygens (including phenoxy) is 2. The summed E-state index contributed by atoms with van der Waals surface area (Å²) in [5.74, 6) is 1.46. The highest BCUT2D eigenvalue weighted by atomic mass is 16.5. The van der Waals surface area contributed by atoms with E-state index in [1.54, 1.807) is 14.2 Å². The fourth-order valence-corrected chi connectivity index (χ4v) is 4.85. The number of likely N-dealkylation sites (tertiary alicyclic amines) is 1. The summed E-state index contributed by atoms with van der Waals surface area (Å²) in [6, 6.07) is 11.9. The van der Waals surface area contributed by atoms with Crippen LogP contribution < -0.4 is 9.47 Å². The predicted molar refractivity (Wildman–Crippen MR) is 116 cm³/mol. The lowest BCUT2D eigenvalue weighted by atomic mass is 9.80. The first-order valence-corrected chi connectivity index (χ1v) is 10.7. The Morgan fingerprint density at radius 1 is 1.10 bits per heavy atom. The first-order chi connectivity index (χ1) is 14.4. The van der Waals surface area contributed by atoms with Crippen LogP contribution in [0.4, 0.5) is 0 Å². The minimum atomic E-state index is -0.768. The van der Waals surface area contributed by atoms with Crippen molar-refractivity contribution in [2.75, 3.05) is 33.9 Å². The van der Waals surface area contributed by atoms with E-state index < -0.39 is 5.60 Å². The molecule has 0 radical (unpaired) electrons. The average Bonchev–Trinajstić information content (AvgIpc) is 2.76. The van der Waals surface area contributed by atoms with Crippen molar-refractivity contribution in [1.82, 2.24) is 4.90 Å². The van der Waals surface area contributed by atoms with Crippen LogP contribution >= 0.6 is 0 Å². The lowest BCUT2D eigenvalue weighted by molar-refractivity contribution is -0.0283. The normalized spacial score (nSPS) is 21.2. The van der Waals surface area contributed by atoms with Crippen molar-refractivity contribution in [2.45, 2.75) is 38.2 Å². The molecule has 1 aliphatic heterocycles. The number of aryl methyl sites for hydroxylation is 2. The molecular weight excluding hydrogens is 378 g/mol. The van der Waals surface area contributed by atoms with Gasteiger partial charge in [0.15, 0.2) is 17.3 Å². The van der Waals surface area contributed by atoms with Crippen molar-refractivity contribution in [2.24, 2.45) is 5.92 Å². The van der Waals surface area contributed by atoms with Crippen LogP contribution in [0.3, 0.4) is 0 Å². The van der Waals surface area contributed by atoms with Gasteiger partial charge in [-0.3, -0.25) is 4.79 Å². The molecule has 1 atom stereocenters. The third kappa shape index (κ3) is 3.96. The fourth-order valence-electron chi connectivity index (χ4n) is 4.85. The molecule has 0 bridgehead atoms. The number of carbonyl (C=O) groups is 1. The van der Waals surface area contributed by atoms with Crippen LogP contribution in [0.15, 0.2) is 36.4 Å². The van der Waals surface area contributed by atoms with Gasteiger partial charge in [0.25, 0.3) is 0 Å². The zero-order chi connectivity index (χ0) is 21.3. The highest BCUT2D eigenvalue weighted by Gasteiger charge is 2.36. The fraction of sp³-hybridized carbons (Fsp3) is 0.480. The van der Waals surface area contributed by atoms with E-state index in [-0.39, 0.29) is 11.7 Å². The number of piperidine rings is 1. The topological polar surface area (TPSA) is 59.0 Å². The van der Waals surface area contributed by atoms with Gasteiger partial charge in [-0.15, -0.1) is 0 Å². The van der Waals surface area contributed by atoms with E-state index >= 15 is 0 Å². The second-order valence-electron chi connectivity index (χ2n) is 8.67. The number of aliphatic hydroxyl groups is 1. The van der Waals surface area contributed by atoms with Gasteiger partial charge >= 0.3 is 0 Å². The number of carbonyl (C=O) groups excluding carboxylic acids is 1. The molecule has 2 aromatic carbocycles. The highest BCUT2D eigenvalue weighted by molar-refractivity contribution is 6.01. The highest BCUT2D eigenvalue weighted by Crippen LogP contribution is 2.37. The molecule has 30 heavy (non-hydrogen) atoms. The van der Waals surface area contributed by atoms with Gasteiger partial charge < -0.3 is 19.5 Å². The van der Waals surface area contributed by atoms with Crippen LogP contribution in [0, 0.1) is 12.8 Å². The Balaban J connectivity index is 1.42. The summed E-state index contributed by atoms with van der Waals surface area (Å²) in [7, 11) is 3.21. The maximum absolute atomic E-state index is 13.2. The zero-order valence-electron chi connectivity index (χ0n) is 18.1. The summed E-state index contributed by atoms with van der Waals surface area (Å²) in [4.78, 5) is 15.5. The Kier molecular flexibility index (Phi) is 5.85. The number of hydrogen-bond donors (Lipinski definition) is 1. The maximum Gasteiger partial charge on any atom is 0.167 e. The molecule has 1 fully saturated rings. The smallest absolute Gasteiger partial charge is 0.167 e. The van der Waals surface area contributed by atoms with Crippen molar-refractivity contribution in [1.29, 1.82) is 0 Å². The molecule has 160 valence electrons. The lowest BCUT2D eigenvalue weighted by Gasteiger charge is -2.40. The van der Waals surface area contributed by atoms with Gasteiger partial charge in [-0.05, 0) is 55.9 Å². The van der Waals surface area contributed by atoms with Crippen LogP contribution in [0.5, 0.6) is 11.5 Å². The zero-order valence-corrected chi connectivity index (χ0v) is 18.1. The first-order valence-electron chi connectivity index (χ1n) is 10.7. The molecule has 0 saturated carbocycles. The number of Topliss-reactive ketones (excluding diaryl/α,β-unsaturated/α-hetero) is 1. The molecule has 1 saturated heterocycles. The van der Waals surface area contributed by atoms with E-state index in [2.05, 4.69) is 24.0 Å². The molecule has 1 heterocycles. The number of ketones is 1. The summed E-state index contributed by atoms with van der Waals surface area (Å²) < 4.78 is 10.8. The Morgan fingerprint density at radius 2 is 1.80 bits per heavy atom. The summed E-state index contributed by atoms with van der Waals surface area (Å²) >= 11 is 0. The standard InChI is InChI=1S/C25H31NO4/c1-17-5-4-6-20(13-17)25(28)9-11-26(12-10-25)16-19-8-7-18-14-22(29-2)23(30-3)15-21(18)24(19)27/h4-6,13-15,19,28H,7-12,16H2,1-3H3. The van der Waals surface area contributed by atoms with Gasteiger partial charge in [0.2, 0.25) is 0 Å². The van der Waals surface area contributed by atoms with Crippen LogP contribution in [-0.4, -0.2) is 49.6 Å². The van der Waals surface area contributed by atoms with Crippen molar-refractivity contribution >= 4 is 5.78 Å². The molecule has 0 amide bonds. The Hall–Kier alpha value is -2.37. The third-order valence-corrected chi connectivity index (χ3v) is 6.73. The van der Waals surface area contributed by atoms with Crippen molar-refractivity contribution in [3.63, 3.8) is 0 Å². The monoisotopic (exact) mass is 409 g/mol. The molecule has 1 aliphatic carbocycles. The summed E-state index contributed by atoms with van der Waals surface area (Å²) in [6.07, 6.45) is 3.10. The number of benzene rings is 2. The summed E-state index contributed by atoms with van der Waals surface area (Å²) in [6.45, 7) is 4.40. The number of hydrogen-bond acceptors (Lipinski definition) is 5. The minimum Gasteiger partial charge on any atom is -0.493 e. The van der Waals surface area contributed by atoms with Crippen molar-refractivity contribution < 1.29 is 19.4 Å². The molecule has 0 spiro atoms. The van der Waals surface area contributed by atoms with Crippen molar-refractivity contribution in [3.8, 4) is 11.5 Å². The van der Waals surface area contributed by atoms with E-state index in [9.17, 15) is 9.90 Å². The first kappa shape index (κ1) is 20.9. The molecule has 4 rings (SSSR count).